The Bertz CT molecular complexity index is 432. The smallest absolute Gasteiger partial charge is 0.387 e. The van der Waals surface area contributed by atoms with Crippen LogP contribution in [0.15, 0.2) is 24.8 Å². The second-order valence-electron chi connectivity index (χ2n) is 2.68. The van der Waals surface area contributed by atoms with Gasteiger partial charge < -0.3 is 4.74 Å². The minimum Gasteiger partial charge on any atom is -0.434 e. The van der Waals surface area contributed by atoms with Crippen LogP contribution in [0.3, 0.4) is 0 Å². The molecule has 6 heteroatoms. The Hall–Kier alpha value is -1.49. The molecular formula is C10H6ClF3O2. The van der Waals surface area contributed by atoms with Crippen LogP contribution in [-0.4, -0.2) is 12.4 Å². The topological polar surface area (TPSA) is 26.3 Å². The van der Waals surface area contributed by atoms with Crippen LogP contribution >= 0.6 is 11.6 Å². The highest BCUT2D eigenvalue weighted by atomic mass is 35.5. The van der Waals surface area contributed by atoms with Gasteiger partial charge in [0, 0.05) is 0 Å². The van der Waals surface area contributed by atoms with E-state index in [0.717, 1.165) is 18.2 Å². The molecule has 0 unspecified atom stereocenters. The molecule has 16 heavy (non-hydrogen) atoms. The van der Waals surface area contributed by atoms with Crippen LogP contribution in [0.4, 0.5) is 13.2 Å². The second kappa shape index (κ2) is 5.03. The Kier molecular flexibility index (Phi) is 3.95. The largest absolute Gasteiger partial charge is 0.434 e. The Labute approximate surface area is 94.3 Å². The van der Waals surface area contributed by atoms with E-state index < -0.39 is 29.5 Å². The number of halogens is 4. The summed E-state index contributed by atoms with van der Waals surface area (Å²) < 4.78 is 41.4. The molecule has 0 radical (unpaired) electrons. The maximum atomic E-state index is 13.4. The van der Waals surface area contributed by atoms with Gasteiger partial charge in [-0.05, 0) is 18.2 Å². The van der Waals surface area contributed by atoms with Gasteiger partial charge >= 0.3 is 6.61 Å². The fraction of sp³-hybridized carbons (Fsp3) is 0.100. The number of rotatable bonds is 4. The molecule has 1 aromatic rings. The maximum absolute atomic E-state index is 13.4. The Morgan fingerprint density at radius 1 is 1.50 bits per heavy atom. The van der Waals surface area contributed by atoms with E-state index in [9.17, 15) is 18.0 Å². The van der Waals surface area contributed by atoms with E-state index in [1.165, 1.54) is 0 Å². The first-order valence-corrected chi connectivity index (χ1v) is 4.44. The quantitative estimate of drug-likeness (QED) is 0.604. The van der Waals surface area contributed by atoms with Crippen molar-refractivity contribution in [1.82, 2.24) is 0 Å². The van der Waals surface area contributed by atoms with Gasteiger partial charge in [0.2, 0.25) is 0 Å². The number of benzene rings is 1. The van der Waals surface area contributed by atoms with E-state index >= 15 is 0 Å². The molecule has 0 aromatic heterocycles. The van der Waals surface area contributed by atoms with Crippen LogP contribution in [0.5, 0.6) is 5.75 Å². The molecular weight excluding hydrogens is 245 g/mol. The van der Waals surface area contributed by atoms with Crippen molar-refractivity contribution in [3.05, 3.63) is 41.2 Å². The van der Waals surface area contributed by atoms with Crippen LogP contribution in [0.2, 0.25) is 5.02 Å². The molecule has 86 valence electrons. The van der Waals surface area contributed by atoms with Crippen molar-refractivity contribution in [3.8, 4) is 5.75 Å². The molecule has 0 amide bonds. The average Bonchev–Trinajstić information content (AvgIpc) is 2.22. The predicted molar refractivity (Wildman–Crippen MR) is 52.6 cm³/mol. The third kappa shape index (κ3) is 2.55. The van der Waals surface area contributed by atoms with Crippen LogP contribution < -0.4 is 4.74 Å². The molecule has 0 aliphatic carbocycles. The Morgan fingerprint density at radius 3 is 2.62 bits per heavy atom. The molecule has 0 atom stereocenters. The molecule has 1 rings (SSSR count). The molecule has 0 bridgehead atoms. The number of carbonyl (C=O) groups excluding carboxylic acids is 1. The van der Waals surface area contributed by atoms with Crippen molar-refractivity contribution >= 4 is 17.4 Å². The maximum Gasteiger partial charge on any atom is 0.387 e. The van der Waals surface area contributed by atoms with Gasteiger partial charge in [-0.3, -0.25) is 4.79 Å². The summed E-state index contributed by atoms with van der Waals surface area (Å²) in [7, 11) is 0. The molecule has 0 aliphatic rings. The Morgan fingerprint density at radius 2 is 2.12 bits per heavy atom. The van der Waals surface area contributed by atoms with Gasteiger partial charge in [0.1, 0.15) is 11.3 Å². The third-order valence-electron chi connectivity index (χ3n) is 1.70. The van der Waals surface area contributed by atoms with Gasteiger partial charge in [-0.25, -0.2) is 4.39 Å². The number of carbonyl (C=O) groups is 1. The normalized spacial score (nSPS) is 10.3. The van der Waals surface area contributed by atoms with Crippen LogP contribution in [0.25, 0.3) is 0 Å². The fourth-order valence-electron chi connectivity index (χ4n) is 1.06. The summed E-state index contributed by atoms with van der Waals surface area (Å²) in [5.41, 5.74) is -0.650. The summed E-state index contributed by atoms with van der Waals surface area (Å²) in [6.07, 6.45) is 0.785. The van der Waals surface area contributed by atoms with Crippen molar-refractivity contribution in [2.45, 2.75) is 6.61 Å². The summed E-state index contributed by atoms with van der Waals surface area (Å²) >= 11 is 5.42. The van der Waals surface area contributed by atoms with Gasteiger partial charge in [0.15, 0.2) is 11.6 Å². The second-order valence-corrected chi connectivity index (χ2v) is 3.09. The molecule has 0 saturated carbocycles. The summed E-state index contributed by atoms with van der Waals surface area (Å²) in [6, 6.07) is 2.02. The third-order valence-corrected chi connectivity index (χ3v) is 2.00. The first kappa shape index (κ1) is 12.6. The lowest BCUT2D eigenvalue weighted by molar-refractivity contribution is -0.0502. The highest BCUT2D eigenvalue weighted by Gasteiger charge is 2.20. The summed E-state index contributed by atoms with van der Waals surface area (Å²) in [5, 5.41) is -0.355. The number of hydrogen-bond donors (Lipinski definition) is 0. The van der Waals surface area contributed by atoms with Crippen molar-refractivity contribution < 1.29 is 22.7 Å². The van der Waals surface area contributed by atoms with Crippen LogP contribution in [0, 0.1) is 5.82 Å². The molecule has 0 fully saturated rings. The van der Waals surface area contributed by atoms with Gasteiger partial charge in [0.05, 0.1) is 5.02 Å². The fourth-order valence-corrected chi connectivity index (χ4v) is 1.22. The Balaban J connectivity index is 3.32. The minimum atomic E-state index is -3.16. The van der Waals surface area contributed by atoms with Crippen LogP contribution in [0.1, 0.15) is 10.4 Å². The first-order valence-electron chi connectivity index (χ1n) is 4.07. The van der Waals surface area contributed by atoms with Crippen LogP contribution in [-0.2, 0) is 0 Å². The van der Waals surface area contributed by atoms with E-state index in [1.807, 2.05) is 0 Å². The number of ether oxygens (including phenoxy) is 1. The predicted octanol–water partition coefficient (Wildman–Crippen LogP) is 3.45. The van der Waals surface area contributed by atoms with Gasteiger partial charge in [-0.15, -0.1) is 0 Å². The van der Waals surface area contributed by atoms with E-state index in [4.69, 9.17) is 11.6 Å². The molecule has 0 spiro atoms. The molecule has 0 aliphatic heterocycles. The molecule has 0 heterocycles. The van der Waals surface area contributed by atoms with Crippen molar-refractivity contribution in [2.24, 2.45) is 0 Å². The number of ketones is 1. The van der Waals surface area contributed by atoms with E-state index in [-0.39, 0.29) is 5.02 Å². The average molecular weight is 251 g/mol. The zero-order valence-corrected chi connectivity index (χ0v) is 8.60. The van der Waals surface area contributed by atoms with Crippen molar-refractivity contribution in [3.63, 3.8) is 0 Å². The summed E-state index contributed by atoms with van der Waals surface area (Å²) in [6.45, 7) is -0.0299. The summed E-state index contributed by atoms with van der Waals surface area (Å²) in [4.78, 5) is 11.2. The highest BCUT2D eigenvalue weighted by Crippen LogP contribution is 2.29. The minimum absolute atomic E-state index is 0.355. The zero-order valence-electron chi connectivity index (χ0n) is 7.84. The standard InChI is InChI=1S/C10H6ClF3O2/c1-2-6(15)8-7(16-10(13)14)4-3-5(11)9(8)12/h2-4,10H,1H2. The number of allylic oxidation sites excluding steroid dienone is 1. The molecule has 0 N–H and O–H groups in total. The van der Waals surface area contributed by atoms with Gasteiger partial charge in [-0.1, -0.05) is 18.2 Å². The lowest BCUT2D eigenvalue weighted by atomic mass is 10.1. The zero-order chi connectivity index (χ0) is 12.3. The van der Waals surface area contributed by atoms with E-state index in [0.29, 0.717) is 0 Å². The first-order chi connectivity index (χ1) is 7.47. The molecule has 0 saturated heterocycles. The molecule has 1 aromatic carbocycles. The van der Waals surface area contributed by atoms with Gasteiger partial charge in [-0.2, -0.15) is 8.78 Å². The molecule has 2 nitrogen and oxygen atoms in total. The monoisotopic (exact) mass is 250 g/mol. The number of hydrogen-bond acceptors (Lipinski definition) is 2. The van der Waals surface area contributed by atoms with E-state index in [1.54, 1.807) is 0 Å². The lowest BCUT2D eigenvalue weighted by Gasteiger charge is -2.10. The lowest BCUT2D eigenvalue weighted by Crippen LogP contribution is -2.09. The van der Waals surface area contributed by atoms with Gasteiger partial charge in [0.25, 0.3) is 0 Å². The van der Waals surface area contributed by atoms with Crippen molar-refractivity contribution in [1.29, 1.82) is 0 Å². The van der Waals surface area contributed by atoms with Crippen molar-refractivity contribution in [2.75, 3.05) is 0 Å². The summed E-state index contributed by atoms with van der Waals surface area (Å²) in [5.74, 6) is -2.55. The van der Waals surface area contributed by atoms with E-state index in [2.05, 4.69) is 11.3 Å². The number of alkyl halides is 2. The highest BCUT2D eigenvalue weighted by molar-refractivity contribution is 6.31. The SMILES string of the molecule is C=CC(=O)c1c(OC(F)F)ccc(Cl)c1F.